The molecule has 2 heterocycles. The number of ether oxygens (including phenoxy) is 2. The second-order valence-corrected chi connectivity index (χ2v) is 7.29. The summed E-state index contributed by atoms with van der Waals surface area (Å²) in [7, 11) is -0.711. The number of anilines is 1. The molecule has 0 saturated carbocycles. The van der Waals surface area contributed by atoms with Gasteiger partial charge in [-0.2, -0.15) is 8.42 Å². The van der Waals surface area contributed by atoms with E-state index >= 15 is 0 Å². The minimum atomic E-state index is -3.89. The first-order valence-corrected chi connectivity index (χ1v) is 9.89. The second-order valence-electron chi connectivity index (χ2n) is 6.07. The fourth-order valence-corrected chi connectivity index (χ4v) is 3.39. The predicted octanol–water partition coefficient (Wildman–Crippen LogP) is -0.0109. The molecule has 2 aromatic rings. The highest BCUT2D eigenvalue weighted by atomic mass is 32.2. The Bertz CT molecular complexity index is 899. The molecule has 0 aliphatic carbocycles. The number of aromatic nitrogens is 2. The Morgan fingerprint density at radius 1 is 1.07 bits per heavy atom. The zero-order chi connectivity index (χ0) is 19.4. The lowest BCUT2D eigenvalue weighted by molar-refractivity contribution is 0.203. The van der Waals surface area contributed by atoms with E-state index in [9.17, 15) is 8.42 Å². The van der Waals surface area contributed by atoms with Gasteiger partial charge in [-0.15, -0.1) is 0 Å². The maximum Gasteiger partial charge on any atom is 0.333 e. The molecule has 0 spiro atoms. The molecular formula is C16H23N5O5S. The van der Waals surface area contributed by atoms with E-state index in [4.69, 9.17) is 14.6 Å². The Kier molecular flexibility index (Phi) is 5.95. The molecule has 1 aromatic carbocycles. The summed E-state index contributed by atoms with van der Waals surface area (Å²) in [5.41, 5.74) is 0.779. The summed E-state index contributed by atoms with van der Waals surface area (Å²) in [6.45, 7) is 3.55. The number of rotatable bonds is 7. The third kappa shape index (κ3) is 4.75. The summed E-state index contributed by atoms with van der Waals surface area (Å²) >= 11 is 0. The molecule has 11 heteroatoms. The first kappa shape index (κ1) is 19.5. The molecule has 0 bridgehead atoms. The molecule has 1 aromatic heterocycles. The van der Waals surface area contributed by atoms with Crippen molar-refractivity contribution < 1.29 is 22.1 Å². The average molecular weight is 397 g/mol. The molecule has 1 aliphatic heterocycles. The average Bonchev–Trinajstić information content (AvgIpc) is 2.66. The fraction of sp³-hybridized carbons (Fsp3) is 0.500. The number of hydrogen-bond donors (Lipinski definition) is 1. The Morgan fingerprint density at radius 3 is 2.37 bits per heavy atom. The normalized spacial score (nSPS) is 15.9. The van der Waals surface area contributed by atoms with Gasteiger partial charge >= 0.3 is 10.3 Å². The van der Waals surface area contributed by atoms with Crippen molar-refractivity contribution in [2.75, 3.05) is 58.5 Å². The maximum absolute atomic E-state index is 10.8. The van der Waals surface area contributed by atoms with Gasteiger partial charge in [0.2, 0.25) is 0 Å². The van der Waals surface area contributed by atoms with Crippen molar-refractivity contribution in [1.29, 1.82) is 0 Å². The van der Waals surface area contributed by atoms with E-state index in [1.807, 2.05) is 12.1 Å². The zero-order valence-corrected chi connectivity index (χ0v) is 16.1. The number of benzene rings is 1. The number of nitrogens with two attached hydrogens (primary N) is 1. The van der Waals surface area contributed by atoms with Crippen molar-refractivity contribution in [2.45, 2.75) is 0 Å². The van der Waals surface area contributed by atoms with Gasteiger partial charge in [0, 0.05) is 44.2 Å². The van der Waals surface area contributed by atoms with E-state index in [1.54, 1.807) is 14.2 Å². The van der Waals surface area contributed by atoms with E-state index in [0.717, 1.165) is 42.9 Å². The van der Waals surface area contributed by atoms with Crippen LogP contribution in [0.5, 0.6) is 11.5 Å². The van der Waals surface area contributed by atoms with Crippen molar-refractivity contribution in [1.82, 2.24) is 14.9 Å². The van der Waals surface area contributed by atoms with Crippen LogP contribution in [0.3, 0.4) is 0 Å². The Labute approximate surface area is 158 Å². The zero-order valence-electron chi connectivity index (χ0n) is 15.3. The van der Waals surface area contributed by atoms with Crippen molar-refractivity contribution in [2.24, 2.45) is 5.14 Å². The lowest BCUT2D eigenvalue weighted by atomic mass is 10.2. The summed E-state index contributed by atoms with van der Waals surface area (Å²) in [5, 5.41) is 5.73. The van der Waals surface area contributed by atoms with Crippen molar-refractivity contribution in [3.05, 3.63) is 18.5 Å². The molecule has 10 nitrogen and oxygen atoms in total. The molecule has 3 rings (SSSR count). The largest absolute Gasteiger partial charge is 0.493 e. The molecule has 1 fully saturated rings. The van der Waals surface area contributed by atoms with Crippen LogP contribution in [0.25, 0.3) is 10.9 Å². The van der Waals surface area contributed by atoms with Gasteiger partial charge in [-0.1, -0.05) is 0 Å². The highest BCUT2D eigenvalue weighted by molar-refractivity contribution is 7.84. The molecule has 0 amide bonds. The standard InChI is InChI=1S/C16H23N5O5S/c1-24-14-9-12-13(10-15(14)25-2)18-11-19-16(12)21-5-3-20(4-6-21)7-8-26-27(17,22)23/h9-11H,3-8H2,1-2H3,(H2,17,22,23). The van der Waals surface area contributed by atoms with Crippen LogP contribution in [0.15, 0.2) is 18.5 Å². The van der Waals surface area contributed by atoms with Crippen LogP contribution in [0, 0.1) is 0 Å². The Hall–Kier alpha value is -2.21. The maximum atomic E-state index is 10.8. The van der Waals surface area contributed by atoms with Crippen LogP contribution in [0.1, 0.15) is 0 Å². The molecule has 1 saturated heterocycles. The van der Waals surface area contributed by atoms with E-state index < -0.39 is 10.3 Å². The van der Waals surface area contributed by atoms with Crippen LogP contribution in [0.4, 0.5) is 5.82 Å². The van der Waals surface area contributed by atoms with Gasteiger partial charge in [-0.25, -0.2) is 15.1 Å². The van der Waals surface area contributed by atoms with Gasteiger partial charge in [-0.05, 0) is 6.07 Å². The summed E-state index contributed by atoms with van der Waals surface area (Å²) in [5.74, 6) is 2.08. The van der Waals surface area contributed by atoms with Gasteiger partial charge in [0.15, 0.2) is 11.5 Å². The summed E-state index contributed by atoms with van der Waals surface area (Å²) in [6, 6.07) is 3.72. The first-order chi connectivity index (χ1) is 12.9. The monoisotopic (exact) mass is 397 g/mol. The summed E-state index contributed by atoms with van der Waals surface area (Å²) in [6.07, 6.45) is 1.54. The molecule has 0 unspecified atom stereocenters. The molecule has 148 valence electrons. The van der Waals surface area contributed by atoms with Gasteiger partial charge in [-0.3, -0.25) is 9.08 Å². The van der Waals surface area contributed by atoms with Crippen LogP contribution in [0.2, 0.25) is 0 Å². The summed E-state index contributed by atoms with van der Waals surface area (Å²) < 4.78 is 37.0. The Balaban J connectivity index is 1.71. The van der Waals surface area contributed by atoms with E-state index in [-0.39, 0.29) is 6.61 Å². The minimum absolute atomic E-state index is 0.0479. The third-order valence-corrected chi connectivity index (χ3v) is 4.94. The summed E-state index contributed by atoms with van der Waals surface area (Å²) in [4.78, 5) is 13.1. The first-order valence-electron chi connectivity index (χ1n) is 8.42. The lowest BCUT2D eigenvalue weighted by Crippen LogP contribution is -2.47. The van der Waals surface area contributed by atoms with Crippen molar-refractivity contribution in [3.8, 4) is 11.5 Å². The lowest BCUT2D eigenvalue weighted by Gasteiger charge is -2.35. The van der Waals surface area contributed by atoms with E-state index in [2.05, 4.69) is 24.0 Å². The van der Waals surface area contributed by atoms with Gasteiger partial charge < -0.3 is 14.4 Å². The van der Waals surface area contributed by atoms with Gasteiger partial charge in [0.25, 0.3) is 0 Å². The van der Waals surface area contributed by atoms with Gasteiger partial charge in [0.1, 0.15) is 12.1 Å². The number of hydrogen-bond acceptors (Lipinski definition) is 9. The smallest absolute Gasteiger partial charge is 0.333 e. The fourth-order valence-electron chi connectivity index (χ4n) is 3.09. The molecule has 2 N–H and O–H groups in total. The molecule has 27 heavy (non-hydrogen) atoms. The molecule has 1 aliphatic rings. The molecule has 0 atom stereocenters. The predicted molar refractivity (Wildman–Crippen MR) is 100 cm³/mol. The van der Waals surface area contributed by atoms with Crippen LogP contribution in [-0.2, 0) is 14.5 Å². The second kappa shape index (κ2) is 8.21. The van der Waals surface area contributed by atoms with E-state index in [1.165, 1.54) is 6.33 Å². The van der Waals surface area contributed by atoms with Gasteiger partial charge in [0.05, 0.1) is 26.3 Å². The number of fused-ring (bicyclic) bond motifs is 1. The topological polar surface area (TPSA) is 120 Å². The van der Waals surface area contributed by atoms with Crippen LogP contribution in [-0.4, -0.2) is 76.8 Å². The Morgan fingerprint density at radius 2 is 1.74 bits per heavy atom. The number of nitrogens with zero attached hydrogens (tertiary/aromatic N) is 4. The third-order valence-electron chi connectivity index (χ3n) is 4.45. The SMILES string of the molecule is COc1cc2ncnc(N3CCN(CCOS(N)(=O)=O)CC3)c2cc1OC. The number of methoxy groups -OCH3 is 2. The van der Waals surface area contributed by atoms with E-state index in [0.29, 0.717) is 18.0 Å². The van der Waals surface area contributed by atoms with Crippen LogP contribution >= 0.6 is 0 Å². The van der Waals surface area contributed by atoms with Crippen molar-refractivity contribution in [3.63, 3.8) is 0 Å². The van der Waals surface area contributed by atoms with Crippen molar-refractivity contribution >= 4 is 27.0 Å². The minimum Gasteiger partial charge on any atom is -0.493 e. The highest BCUT2D eigenvalue weighted by Gasteiger charge is 2.21. The molecule has 0 radical (unpaired) electrons. The van der Waals surface area contributed by atoms with Crippen LogP contribution < -0.4 is 19.5 Å². The number of piperazine rings is 1. The highest BCUT2D eigenvalue weighted by Crippen LogP contribution is 2.34. The quantitative estimate of drug-likeness (QED) is 0.687. The molecular weight excluding hydrogens is 374 g/mol.